The van der Waals surface area contributed by atoms with Crippen molar-refractivity contribution >= 4 is 16.5 Å². The molecule has 0 amide bonds. The van der Waals surface area contributed by atoms with E-state index in [1.807, 2.05) is 18.5 Å². The first-order valence-electron chi connectivity index (χ1n) is 5.88. The van der Waals surface area contributed by atoms with E-state index >= 15 is 0 Å². The van der Waals surface area contributed by atoms with Crippen molar-refractivity contribution in [2.45, 2.75) is 20.3 Å². The molecule has 0 spiro atoms. The van der Waals surface area contributed by atoms with E-state index in [0.29, 0.717) is 5.92 Å². The van der Waals surface area contributed by atoms with Crippen LogP contribution in [-0.2, 0) is 0 Å². The smallest absolute Gasteiger partial charge is 0.0435 e. The Hall–Kier alpha value is -1.57. The van der Waals surface area contributed by atoms with Gasteiger partial charge in [-0.2, -0.15) is 0 Å². The molecule has 0 saturated heterocycles. The maximum Gasteiger partial charge on any atom is 0.0435 e. The minimum atomic E-state index is 0.701. The highest BCUT2D eigenvalue weighted by Crippen LogP contribution is 2.22. The minimum Gasteiger partial charge on any atom is -0.384 e. The molecule has 0 aliphatic carbocycles. The van der Waals surface area contributed by atoms with Crippen LogP contribution < -0.4 is 5.32 Å². The zero-order valence-corrected chi connectivity index (χ0v) is 9.90. The molecule has 1 N–H and O–H groups in total. The van der Waals surface area contributed by atoms with Crippen molar-refractivity contribution in [2.75, 3.05) is 11.9 Å². The fraction of sp³-hybridized carbons (Fsp3) is 0.357. The number of hydrogen-bond acceptors (Lipinski definition) is 2. The van der Waals surface area contributed by atoms with Crippen molar-refractivity contribution in [3.63, 3.8) is 0 Å². The van der Waals surface area contributed by atoms with Gasteiger partial charge in [0.05, 0.1) is 0 Å². The second-order valence-electron chi connectivity index (χ2n) is 4.30. The molecule has 1 aromatic heterocycles. The lowest BCUT2D eigenvalue weighted by Crippen LogP contribution is -2.10. The molecule has 0 bridgehead atoms. The first kappa shape index (κ1) is 10.9. The van der Waals surface area contributed by atoms with Crippen molar-refractivity contribution in [1.82, 2.24) is 4.98 Å². The van der Waals surface area contributed by atoms with Crippen molar-refractivity contribution < 1.29 is 0 Å². The number of hydrogen-bond donors (Lipinski definition) is 1. The Labute approximate surface area is 96.7 Å². The van der Waals surface area contributed by atoms with Crippen LogP contribution in [0.5, 0.6) is 0 Å². The molecule has 0 fully saturated rings. The maximum absolute atomic E-state index is 4.18. The summed E-state index contributed by atoms with van der Waals surface area (Å²) in [5.74, 6) is 0.701. The van der Waals surface area contributed by atoms with Crippen LogP contribution in [0, 0.1) is 5.92 Å². The molecule has 0 aliphatic rings. The van der Waals surface area contributed by atoms with Gasteiger partial charge < -0.3 is 5.32 Å². The molecular formula is C14H18N2. The normalized spacial score (nSPS) is 12.6. The summed E-state index contributed by atoms with van der Waals surface area (Å²) in [5, 5.41) is 5.94. The molecule has 2 heteroatoms. The van der Waals surface area contributed by atoms with E-state index in [-0.39, 0.29) is 0 Å². The summed E-state index contributed by atoms with van der Waals surface area (Å²) in [5.41, 5.74) is 1.19. The van der Waals surface area contributed by atoms with Gasteiger partial charge in [-0.15, -0.1) is 0 Å². The Kier molecular flexibility index (Phi) is 3.40. The molecule has 0 radical (unpaired) electrons. The maximum atomic E-state index is 4.18. The molecule has 0 aliphatic heterocycles. The summed E-state index contributed by atoms with van der Waals surface area (Å²) in [6, 6.07) is 8.36. The van der Waals surface area contributed by atoms with E-state index in [2.05, 4.69) is 42.3 Å². The fourth-order valence-corrected chi connectivity index (χ4v) is 1.70. The molecule has 2 rings (SSSR count). The molecular weight excluding hydrogens is 196 g/mol. The highest BCUT2D eigenvalue weighted by molar-refractivity contribution is 5.92. The van der Waals surface area contributed by atoms with Gasteiger partial charge in [0.2, 0.25) is 0 Å². The quantitative estimate of drug-likeness (QED) is 0.839. The van der Waals surface area contributed by atoms with Gasteiger partial charge in [0, 0.05) is 30.0 Å². The summed E-state index contributed by atoms with van der Waals surface area (Å²) >= 11 is 0. The van der Waals surface area contributed by atoms with Crippen LogP contribution in [0.15, 0.2) is 36.7 Å². The molecule has 1 unspecified atom stereocenters. The summed E-state index contributed by atoms with van der Waals surface area (Å²) in [4.78, 5) is 4.18. The van der Waals surface area contributed by atoms with Crippen molar-refractivity contribution in [3.8, 4) is 0 Å². The lowest BCUT2D eigenvalue weighted by molar-refractivity contribution is 0.594. The van der Waals surface area contributed by atoms with E-state index in [9.17, 15) is 0 Å². The van der Waals surface area contributed by atoms with Crippen molar-refractivity contribution in [1.29, 1.82) is 0 Å². The highest BCUT2D eigenvalue weighted by Gasteiger charge is 2.02. The van der Waals surface area contributed by atoms with E-state index in [4.69, 9.17) is 0 Å². The summed E-state index contributed by atoms with van der Waals surface area (Å²) in [6.45, 7) is 5.50. The predicted octanol–water partition coefficient (Wildman–Crippen LogP) is 3.69. The zero-order valence-electron chi connectivity index (χ0n) is 9.90. The molecule has 2 aromatic rings. The molecule has 1 heterocycles. The Morgan fingerprint density at radius 2 is 2.19 bits per heavy atom. The average Bonchev–Trinajstić information content (AvgIpc) is 2.35. The number of benzene rings is 1. The Morgan fingerprint density at radius 3 is 3.00 bits per heavy atom. The van der Waals surface area contributed by atoms with Crippen LogP contribution in [0.25, 0.3) is 10.8 Å². The SMILES string of the molecule is CCC(C)CNc1cccc2ccncc12. The fourth-order valence-electron chi connectivity index (χ4n) is 1.70. The summed E-state index contributed by atoms with van der Waals surface area (Å²) < 4.78 is 0. The lowest BCUT2D eigenvalue weighted by Gasteiger charge is -2.13. The third-order valence-electron chi connectivity index (χ3n) is 3.02. The van der Waals surface area contributed by atoms with Gasteiger partial charge in [-0.25, -0.2) is 0 Å². The topological polar surface area (TPSA) is 24.9 Å². The van der Waals surface area contributed by atoms with Gasteiger partial charge in [-0.1, -0.05) is 32.4 Å². The number of nitrogens with zero attached hydrogens (tertiary/aromatic N) is 1. The summed E-state index contributed by atoms with van der Waals surface area (Å²) in [7, 11) is 0. The molecule has 84 valence electrons. The Morgan fingerprint density at radius 1 is 1.31 bits per heavy atom. The second-order valence-corrected chi connectivity index (χ2v) is 4.30. The molecule has 1 atom stereocenters. The third-order valence-corrected chi connectivity index (χ3v) is 3.02. The Bertz CT molecular complexity index is 460. The molecule has 1 aromatic carbocycles. The van der Waals surface area contributed by atoms with Crippen molar-refractivity contribution in [2.24, 2.45) is 5.92 Å². The number of fused-ring (bicyclic) bond motifs is 1. The van der Waals surface area contributed by atoms with E-state index in [1.165, 1.54) is 22.9 Å². The van der Waals surface area contributed by atoms with E-state index < -0.39 is 0 Å². The van der Waals surface area contributed by atoms with Gasteiger partial charge >= 0.3 is 0 Å². The lowest BCUT2D eigenvalue weighted by atomic mass is 10.1. The number of anilines is 1. The predicted molar refractivity (Wildman–Crippen MR) is 69.7 cm³/mol. The standard InChI is InChI=1S/C14H18N2/c1-3-11(2)9-16-14-6-4-5-12-7-8-15-10-13(12)14/h4-8,10-11,16H,3,9H2,1-2H3. The van der Waals surface area contributed by atoms with Crippen LogP contribution >= 0.6 is 0 Å². The van der Waals surface area contributed by atoms with Crippen LogP contribution in [-0.4, -0.2) is 11.5 Å². The van der Waals surface area contributed by atoms with Gasteiger partial charge in [-0.3, -0.25) is 4.98 Å². The van der Waals surface area contributed by atoms with Gasteiger partial charge in [0.15, 0.2) is 0 Å². The number of rotatable bonds is 4. The first-order chi connectivity index (χ1) is 7.81. The van der Waals surface area contributed by atoms with Gasteiger partial charge in [0.25, 0.3) is 0 Å². The Balaban J connectivity index is 2.23. The highest BCUT2D eigenvalue weighted by atomic mass is 14.9. The van der Waals surface area contributed by atoms with Crippen LogP contribution in [0.1, 0.15) is 20.3 Å². The molecule has 16 heavy (non-hydrogen) atoms. The number of nitrogens with one attached hydrogen (secondary N) is 1. The molecule has 0 saturated carbocycles. The van der Waals surface area contributed by atoms with Gasteiger partial charge in [0.1, 0.15) is 0 Å². The third kappa shape index (κ3) is 2.32. The van der Waals surface area contributed by atoms with Crippen molar-refractivity contribution in [3.05, 3.63) is 36.7 Å². The van der Waals surface area contributed by atoms with Crippen LogP contribution in [0.2, 0.25) is 0 Å². The number of aromatic nitrogens is 1. The van der Waals surface area contributed by atoms with Crippen LogP contribution in [0.4, 0.5) is 5.69 Å². The van der Waals surface area contributed by atoms with Crippen LogP contribution in [0.3, 0.4) is 0 Å². The average molecular weight is 214 g/mol. The second kappa shape index (κ2) is 4.97. The minimum absolute atomic E-state index is 0.701. The van der Waals surface area contributed by atoms with Gasteiger partial charge in [-0.05, 0) is 23.4 Å². The monoisotopic (exact) mass is 214 g/mol. The number of pyridine rings is 1. The largest absolute Gasteiger partial charge is 0.384 e. The van der Waals surface area contributed by atoms with E-state index in [1.54, 1.807) is 0 Å². The summed E-state index contributed by atoms with van der Waals surface area (Å²) in [6.07, 6.45) is 4.96. The first-order valence-corrected chi connectivity index (χ1v) is 5.88. The molecule has 2 nitrogen and oxygen atoms in total. The van der Waals surface area contributed by atoms with E-state index in [0.717, 1.165) is 6.54 Å². The zero-order chi connectivity index (χ0) is 11.4.